The molecule has 1 atom stereocenters. The minimum absolute atomic E-state index is 0.183. The Hall–Kier alpha value is -0.130. The predicted octanol–water partition coefficient (Wildman–Crippen LogP) is 0.552. The van der Waals surface area contributed by atoms with E-state index in [-0.39, 0.29) is 11.8 Å². The van der Waals surface area contributed by atoms with E-state index in [4.69, 9.17) is 0 Å². The Morgan fingerprint density at radius 2 is 2.07 bits per heavy atom. The second kappa shape index (κ2) is 4.39. The van der Waals surface area contributed by atoms with Crippen molar-refractivity contribution in [3.63, 3.8) is 0 Å². The van der Waals surface area contributed by atoms with Crippen LogP contribution in [0.2, 0.25) is 0 Å². The van der Waals surface area contributed by atoms with E-state index >= 15 is 0 Å². The number of hydrogen-bond donors (Lipinski definition) is 1. The van der Waals surface area contributed by atoms with Gasteiger partial charge < -0.3 is 5.32 Å². The fourth-order valence-electron chi connectivity index (χ4n) is 2.29. The van der Waals surface area contributed by atoms with Gasteiger partial charge in [-0.1, -0.05) is 6.92 Å². The van der Waals surface area contributed by atoms with Gasteiger partial charge in [0.1, 0.15) is 0 Å². The Kier molecular flexibility index (Phi) is 3.33. The quantitative estimate of drug-likeness (QED) is 0.753. The van der Waals surface area contributed by atoms with Crippen LogP contribution in [-0.2, 0) is 10.0 Å². The van der Waals surface area contributed by atoms with Crippen LogP contribution in [0.3, 0.4) is 0 Å². The summed E-state index contributed by atoms with van der Waals surface area (Å²) in [6.07, 6.45) is 4.20. The van der Waals surface area contributed by atoms with Crippen molar-refractivity contribution in [3.8, 4) is 0 Å². The molecule has 0 bridgehead atoms. The molecule has 1 unspecified atom stereocenters. The SMILES string of the molecule is CCN(C1CC1)S(=O)(=O)CC1CCCN1. The van der Waals surface area contributed by atoms with Crippen molar-refractivity contribution >= 4 is 10.0 Å². The third kappa shape index (κ3) is 2.71. The largest absolute Gasteiger partial charge is 0.313 e. The summed E-state index contributed by atoms with van der Waals surface area (Å²) in [5, 5.41) is 3.25. The first kappa shape index (κ1) is 11.4. The Balaban J connectivity index is 1.97. The van der Waals surface area contributed by atoms with Crippen molar-refractivity contribution in [2.75, 3.05) is 18.8 Å². The first-order valence-corrected chi connectivity index (χ1v) is 7.47. The lowest BCUT2D eigenvalue weighted by Crippen LogP contribution is -2.40. The van der Waals surface area contributed by atoms with Crippen molar-refractivity contribution in [2.45, 2.75) is 44.7 Å². The molecule has 1 saturated heterocycles. The highest BCUT2D eigenvalue weighted by Gasteiger charge is 2.37. The van der Waals surface area contributed by atoms with Gasteiger partial charge in [0, 0.05) is 18.6 Å². The van der Waals surface area contributed by atoms with E-state index < -0.39 is 10.0 Å². The van der Waals surface area contributed by atoms with Crippen molar-refractivity contribution in [3.05, 3.63) is 0 Å². The van der Waals surface area contributed by atoms with Gasteiger partial charge in [0.25, 0.3) is 0 Å². The normalized spacial score (nSPS) is 27.5. The van der Waals surface area contributed by atoms with Crippen LogP contribution >= 0.6 is 0 Å². The first-order valence-electron chi connectivity index (χ1n) is 5.86. The standard InChI is InChI=1S/C10H20N2O2S/c1-2-12(10-5-6-10)15(13,14)8-9-4-3-7-11-9/h9-11H,2-8H2,1H3. The summed E-state index contributed by atoms with van der Waals surface area (Å²) in [5.41, 5.74) is 0. The van der Waals surface area contributed by atoms with Gasteiger partial charge in [-0.25, -0.2) is 8.42 Å². The van der Waals surface area contributed by atoms with Gasteiger partial charge in [-0.2, -0.15) is 4.31 Å². The van der Waals surface area contributed by atoms with E-state index in [1.165, 1.54) is 0 Å². The van der Waals surface area contributed by atoms with Crippen LogP contribution in [-0.4, -0.2) is 43.6 Å². The Morgan fingerprint density at radius 3 is 2.53 bits per heavy atom. The highest BCUT2D eigenvalue weighted by Crippen LogP contribution is 2.29. The van der Waals surface area contributed by atoms with Crippen LogP contribution in [0, 0.1) is 0 Å². The summed E-state index contributed by atoms with van der Waals surface area (Å²) in [5.74, 6) is 0.289. The van der Waals surface area contributed by atoms with E-state index in [2.05, 4.69) is 5.32 Å². The molecule has 0 spiro atoms. The minimum Gasteiger partial charge on any atom is -0.313 e. The molecule has 0 amide bonds. The van der Waals surface area contributed by atoms with Crippen molar-refractivity contribution in [1.29, 1.82) is 0 Å². The van der Waals surface area contributed by atoms with Crippen LogP contribution in [0.25, 0.3) is 0 Å². The smallest absolute Gasteiger partial charge is 0.215 e. The predicted molar refractivity (Wildman–Crippen MR) is 60.2 cm³/mol. The molecular weight excluding hydrogens is 212 g/mol. The van der Waals surface area contributed by atoms with Crippen LogP contribution in [0.5, 0.6) is 0 Å². The summed E-state index contributed by atoms with van der Waals surface area (Å²) in [7, 11) is -3.02. The third-order valence-corrected chi connectivity index (χ3v) is 5.29. The molecule has 5 heteroatoms. The maximum atomic E-state index is 12.1. The monoisotopic (exact) mass is 232 g/mol. The first-order chi connectivity index (χ1) is 7.13. The highest BCUT2D eigenvalue weighted by atomic mass is 32.2. The number of rotatable bonds is 5. The maximum Gasteiger partial charge on any atom is 0.215 e. The number of nitrogens with one attached hydrogen (secondary N) is 1. The Bertz CT molecular complexity index is 305. The highest BCUT2D eigenvalue weighted by molar-refractivity contribution is 7.89. The van der Waals surface area contributed by atoms with Gasteiger partial charge in [-0.05, 0) is 32.2 Å². The molecule has 2 fully saturated rings. The molecule has 0 aromatic rings. The molecule has 1 aliphatic carbocycles. The molecule has 1 heterocycles. The number of sulfonamides is 1. The molecule has 2 aliphatic rings. The summed E-state index contributed by atoms with van der Waals surface area (Å²) >= 11 is 0. The van der Waals surface area contributed by atoms with Gasteiger partial charge in [-0.15, -0.1) is 0 Å². The fourth-order valence-corrected chi connectivity index (χ4v) is 4.34. The molecular formula is C10H20N2O2S. The lowest BCUT2D eigenvalue weighted by Gasteiger charge is -2.22. The average Bonchev–Trinajstić information content (AvgIpc) is 2.85. The lowest BCUT2D eigenvalue weighted by molar-refractivity contribution is 0.416. The summed E-state index contributed by atoms with van der Waals surface area (Å²) in [6, 6.07) is 0.490. The van der Waals surface area contributed by atoms with Crippen LogP contribution in [0.1, 0.15) is 32.6 Å². The minimum atomic E-state index is -3.02. The van der Waals surface area contributed by atoms with Gasteiger partial charge in [0.05, 0.1) is 5.75 Å². The van der Waals surface area contributed by atoms with E-state index in [0.717, 1.165) is 32.2 Å². The van der Waals surface area contributed by atoms with Crippen molar-refractivity contribution < 1.29 is 8.42 Å². The molecule has 0 radical (unpaired) electrons. The molecule has 0 aromatic heterocycles. The van der Waals surface area contributed by atoms with Crippen molar-refractivity contribution in [1.82, 2.24) is 9.62 Å². The van der Waals surface area contributed by atoms with Gasteiger partial charge in [0.15, 0.2) is 0 Å². The van der Waals surface area contributed by atoms with E-state index in [0.29, 0.717) is 12.6 Å². The van der Waals surface area contributed by atoms with Gasteiger partial charge >= 0.3 is 0 Å². The molecule has 2 rings (SSSR count). The maximum absolute atomic E-state index is 12.1. The fraction of sp³-hybridized carbons (Fsp3) is 1.00. The molecule has 88 valence electrons. The van der Waals surface area contributed by atoms with E-state index in [9.17, 15) is 8.42 Å². The third-order valence-electron chi connectivity index (χ3n) is 3.20. The molecule has 1 saturated carbocycles. The van der Waals surface area contributed by atoms with E-state index in [1.807, 2.05) is 6.92 Å². The van der Waals surface area contributed by atoms with Crippen LogP contribution in [0.15, 0.2) is 0 Å². The lowest BCUT2D eigenvalue weighted by atomic mass is 10.3. The Morgan fingerprint density at radius 1 is 1.33 bits per heavy atom. The summed E-state index contributed by atoms with van der Waals surface area (Å²) in [4.78, 5) is 0. The molecule has 4 nitrogen and oxygen atoms in total. The van der Waals surface area contributed by atoms with Crippen LogP contribution in [0.4, 0.5) is 0 Å². The molecule has 1 N–H and O–H groups in total. The molecule has 15 heavy (non-hydrogen) atoms. The molecule has 0 aromatic carbocycles. The second-order valence-electron chi connectivity index (χ2n) is 4.51. The zero-order valence-electron chi connectivity index (χ0n) is 9.28. The zero-order valence-corrected chi connectivity index (χ0v) is 10.1. The summed E-state index contributed by atoms with van der Waals surface area (Å²) < 4.78 is 25.9. The van der Waals surface area contributed by atoms with Crippen molar-refractivity contribution in [2.24, 2.45) is 0 Å². The number of hydrogen-bond acceptors (Lipinski definition) is 3. The zero-order chi connectivity index (χ0) is 10.9. The second-order valence-corrected chi connectivity index (χ2v) is 6.47. The van der Waals surface area contributed by atoms with Gasteiger partial charge in [0.2, 0.25) is 10.0 Å². The van der Waals surface area contributed by atoms with Gasteiger partial charge in [-0.3, -0.25) is 0 Å². The molecule has 1 aliphatic heterocycles. The number of nitrogens with zero attached hydrogens (tertiary/aromatic N) is 1. The average molecular weight is 232 g/mol. The van der Waals surface area contributed by atoms with Crippen LogP contribution < -0.4 is 5.32 Å². The summed E-state index contributed by atoms with van der Waals surface area (Å²) in [6.45, 7) is 3.52. The van der Waals surface area contributed by atoms with E-state index in [1.54, 1.807) is 4.31 Å². The topological polar surface area (TPSA) is 49.4 Å². The Labute approximate surface area is 92.1 Å².